The van der Waals surface area contributed by atoms with Crippen LogP contribution in [0, 0.1) is 0 Å². The van der Waals surface area contributed by atoms with E-state index in [-0.39, 0.29) is 5.54 Å². The molecule has 1 aliphatic heterocycles. The van der Waals surface area contributed by atoms with Crippen molar-refractivity contribution in [1.82, 2.24) is 5.32 Å². The molecule has 0 aromatic heterocycles. The van der Waals surface area contributed by atoms with E-state index in [2.05, 4.69) is 24.1 Å². The molecular weight excluding hydrogens is 279 g/mol. The Morgan fingerprint density at radius 2 is 1.76 bits per heavy atom. The third-order valence-corrected chi connectivity index (χ3v) is 3.93. The molecule has 1 aromatic rings. The molecule has 17 heavy (non-hydrogen) atoms. The summed E-state index contributed by atoms with van der Waals surface area (Å²) in [6.07, 6.45) is 0. The fourth-order valence-electron chi connectivity index (χ4n) is 2.10. The van der Waals surface area contributed by atoms with Crippen LogP contribution < -0.4 is 10.2 Å². The van der Waals surface area contributed by atoms with Gasteiger partial charge in [0.2, 0.25) is 0 Å². The predicted molar refractivity (Wildman–Crippen MR) is 75.8 cm³/mol. The molecule has 1 heterocycles. The Morgan fingerprint density at radius 1 is 1.12 bits per heavy atom. The fraction of sp³-hybridized carbons (Fsp3) is 0.500. The Morgan fingerprint density at radius 3 is 2.41 bits per heavy atom. The van der Waals surface area contributed by atoms with E-state index in [9.17, 15) is 0 Å². The van der Waals surface area contributed by atoms with Gasteiger partial charge in [0.1, 0.15) is 0 Å². The second kappa shape index (κ2) is 4.85. The van der Waals surface area contributed by atoms with Gasteiger partial charge in [-0.15, -0.1) is 0 Å². The van der Waals surface area contributed by atoms with Crippen molar-refractivity contribution in [2.45, 2.75) is 19.4 Å². The molecule has 0 bridgehead atoms. The molecule has 0 saturated carbocycles. The molecule has 1 N–H and O–H groups in total. The SMILES string of the molecule is CC1(C)CN(c2cc(Cl)c(Cl)cc2Cl)CCN1. The quantitative estimate of drug-likeness (QED) is 0.792. The Kier molecular flexibility index (Phi) is 3.79. The van der Waals surface area contributed by atoms with Gasteiger partial charge in [0.05, 0.1) is 20.8 Å². The first kappa shape index (κ1) is 13.3. The summed E-state index contributed by atoms with van der Waals surface area (Å²) in [5, 5.41) is 5.15. The third-order valence-electron chi connectivity index (χ3n) is 2.90. The Labute approximate surface area is 117 Å². The first-order valence-electron chi connectivity index (χ1n) is 5.53. The molecule has 1 aliphatic rings. The number of hydrogen-bond acceptors (Lipinski definition) is 2. The molecule has 2 rings (SSSR count). The van der Waals surface area contributed by atoms with Crippen molar-refractivity contribution < 1.29 is 0 Å². The summed E-state index contributed by atoms with van der Waals surface area (Å²) in [5.41, 5.74) is 1.03. The maximum atomic E-state index is 6.22. The number of anilines is 1. The predicted octanol–water partition coefficient (Wildman–Crippen LogP) is 3.84. The molecule has 1 saturated heterocycles. The zero-order chi connectivity index (χ0) is 12.6. The highest BCUT2D eigenvalue weighted by atomic mass is 35.5. The second-order valence-corrected chi connectivity index (χ2v) is 6.17. The maximum absolute atomic E-state index is 6.22. The zero-order valence-corrected chi connectivity index (χ0v) is 12.1. The van der Waals surface area contributed by atoms with Crippen molar-refractivity contribution in [2.75, 3.05) is 24.5 Å². The van der Waals surface area contributed by atoms with Crippen LogP contribution in [0.2, 0.25) is 15.1 Å². The topological polar surface area (TPSA) is 15.3 Å². The summed E-state index contributed by atoms with van der Waals surface area (Å²) in [6.45, 7) is 7.09. The lowest BCUT2D eigenvalue weighted by Crippen LogP contribution is -2.57. The minimum Gasteiger partial charge on any atom is -0.367 e. The van der Waals surface area contributed by atoms with E-state index >= 15 is 0 Å². The highest BCUT2D eigenvalue weighted by molar-refractivity contribution is 6.44. The van der Waals surface area contributed by atoms with Crippen LogP contribution in [0.25, 0.3) is 0 Å². The van der Waals surface area contributed by atoms with Crippen LogP contribution in [0.15, 0.2) is 12.1 Å². The number of hydrogen-bond donors (Lipinski definition) is 1. The van der Waals surface area contributed by atoms with Crippen molar-refractivity contribution in [1.29, 1.82) is 0 Å². The summed E-state index contributed by atoms with van der Waals surface area (Å²) >= 11 is 18.2. The maximum Gasteiger partial charge on any atom is 0.0655 e. The van der Waals surface area contributed by atoms with Gasteiger partial charge in [-0.25, -0.2) is 0 Å². The highest BCUT2D eigenvalue weighted by Gasteiger charge is 2.27. The number of nitrogens with zero attached hydrogens (tertiary/aromatic N) is 1. The molecule has 0 atom stereocenters. The van der Waals surface area contributed by atoms with Gasteiger partial charge in [-0.1, -0.05) is 34.8 Å². The lowest BCUT2D eigenvalue weighted by Gasteiger charge is -2.40. The zero-order valence-electron chi connectivity index (χ0n) is 9.86. The first-order chi connectivity index (χ1) is 7.89. The summed E-state index contributed by atoms with van der Waals surface area (Å²) in [4.78, 5) is 2.24. The first-order valence-corrected chi connectivity index (χ1v) is 6.67. The lowest BCUT2D eigenvalue weighted by molar-refractivity contribution is 0.353. The Bertz CT molecular complexity index is 432. The lowest BCUT2D eigenvalue weighted by atomic mass is 10.0. The van der Waals surface area contributed by atoms with Gasteiger partial charge in [0.15, 0.2) is 0 Å². The molecule has 0 spiro atoms. The van der Waals surface area contributed by atoms with Crippen molar-refractivity contribution in [3.05, 3.63) is 27.2 Å². The van der Waals surface area contributed by atoms with Gasteiger partial charge in [-0.05, 0) is 26.0 Å². The normalized spacial score (nSPS) is 19.5. The van der Waals surface area contributed by atoms with Crippen LogP contribution in [-0.2, 0) is 0 Å². The van der Waals surface area contributed by atoms with Gasteiger partial charge >= 0.3 is 0 Å². The van der Waals surface area contributed by atoms with Crippen LogP contribution >= 0.6 is 34.8 Å². The Hall–Kier alpha value is -0.150. The molecule has 0 radical (unpaired) electrons. The second-order valence-electron chi connectivity index (χ2n) is 4.95. The number of rotatable bonds is 1. The van der Waals surface area contributed by atoms with Gasteiger partial charge in [0.25, 0.3) is 0 Å². The molecule has 1 aromatic carbocycles. The van der Waals surface area contributed by atoms with Crippen LogP contribution in [0.4, 0.5) is 5.69 Å². The largest absolute Gasteiger partial charge is 0.367 e. The standard InChI is InChI=1S/C12H15Cl3N2/c1-12(2)7-17(4-3-16-12)11-6-9(14)8(13)5-10(11)15/h5-6,16H,3-4,7H2,1-2H3. The molecule has 0 unspecified atom stereocenters. The average Bonchev–Trinajstić information content (AvgIpc) is 2.22. The summed E-state index contributed by atoms with van der Waals surface area (Å²) in [5.74, 6) is 0. The van der Waals surface area contributed by atoms with Crippen LogP contribution in [-0.4, -0.2) is 25.2 Å². The van der Waals surface area contributed by atoms with E-state index in [0.717, 1.165) is 25.3 Å². The van der Waals surface area contributed by atoms with Gasteiger partial charge in [0, 0.05) is 25.2 Å². The minimum atomic E-state index is 0.0771. The van der Waals surface area contributed by atoms with Gasteiger partial charge in [-0.3, -0.25) is 0 Å². The van der Waals surface area contributed by atoms with E-state index in [1.54, 1.807) is 6.07 Å². The molecule has 94 valence electrons. The fourth-order valence-corrected chi connectivity index (χ4v) is 2.76. The highest BCUT2D eigenvalue weighted by Crippen LogP contribution is 2.35. The summed E-state index contributed by atoms with van der Waals surface area (Å²) in [6, 6.07) is 3.55. The van der Waals surface area contributed by atoms with Crippen molar-refractivity contribution in [2.24, 2.45) is 0 Å². The molecule has 2 nitrogen and oxygen atoms in total. The van der Waals surface area contributed by atoms with E-state index in [4.69, 9.17) is 34.8 Å². The third kappa shape index (κ3) is 3.00. The summed E-state index contributed by atoms with van der Waals surface area (Å²) in [7, 11) is 0. The van der Waals surface area contributed by atoms with Crippen LogP contribution in [0.3, 0.4) is 0 Å². The van der Waals surface area contributed by atoms with E-state index in [1.807, 2.05) is 6.07 Å². The van der Waals surface area contributed by atoms with E-state index in [0.29, 0.717) is 15.1 Å². The minimum absolute atomic E-state index is 0.0771. The van der Waals surface area contributed by atoms with E-state index < -0.39 is 0 Å². The Balaban J connectivity index is 2.31. The van der Waals surface area contributed by atoms with Crippen molar-refractivity contribution in [3.8, 4) is 0 Å². The number of halogens is 3. The number of benzene rings is 1. The van der Waals surface area contributed by atoms with Crippen molar-refractivity contribution in [3.63, 3.8) is 0 Å². The molecule has 0 aliphatic carbocycles. The average molecular weight is 294 g/mol. The molecule has 0 amide bonds. The smallest absolute Gasteiger partial charge is 0.0655 e. The van der Waals surface area contributed by atoms with Crippen LogP contribution in [0.1, 0.15) is 13.8 Å². The van der Waals surface area contributed by atoms with Crippen LogP contribution in [0.5, 0.6) is 0 Å². The molecular formula is C12H15Cl3N2. The molecule has 1 fully saturated rings. The van der Waals surface area contributed by atoms with Gasteiger partial charge < -0.3 is 10.2 Å². The van der Waals surface area contributed by atoms with E-state index in [1.165, 1.54) is 0 Å². The number of piperazine rings is 1. The molecule has 5 heteroatoms. The summed E-state index contributed by atoms with van der Waals surface area (Å²) < 4.78 is 0. The monoisotopic (exact) mass is 292 g/mol. The van der Waals surface area contributed by atoms with Crippen molar-refractivity contribution >= 4 is 40.5 Å². The number of nitrogens with one attached hydrogen (secondary N) is 1. The van der Waals surface area contributed by atoms with Gasteiger partial charge in [-0.2, -0.15) is 0 Å².